The summed E-state index contributed by atoms with van der Waals surface area (Å²) in [6, 6.07) is 8.39. The lowest BCUT2D eigenvalue weighted by atomic mass is 10.1. The number of nitrogens with one attached hydrogen (secondary N) is 2. The summed E-state index contributed by atoms with van der Waals surface area (Å²) in [5.41, 5.74) is 1.49. The van der Waals surface area contributed by atoms with Crippen molar-refractivity contribution in [3.63, 3.8) is 0 Å². The van der Waals surface area contributed by atoms with Crippen LogP contribution in [0.5, 0.6) is 0 Å². The van der Waals surface area contributed by atoms with E-state index in [-0.39, 0.29) is 36.6 Å². The number of anilines is 1. The second kappa shape index (κ2) is 10.5. The maximum Gasteiger partial charge on any atom is 0.434 e. The van der Waals surface area contributed by atoms with Crippen LogP contribution in [-0.4, -0.2) is 31.1 Å². The summed E-state index contributed by atoms with van der Waals surface area (Å²) in [5, 5.41) is 7.70. The summed E-state index contributed by atoms with van der Waals surface area (Å²) in [7, 11) is 1.63. The normalized spacial score (nSPS) is 15.8. The maximum atomic E-state index is 12.7. The molecule has 0 bridgehead atoms. The Hall–Kier alpha value is -1.56. The zero-order valence-corrected chi connectivity index (χ0v) is 19.4. The van der Waals surface area contributed by atoms with Gasteiger partial charge in [-0.25, -0.2) is 4.98 Å². The minimum atomic E-state index is -4.41. The number of halogens is 4. The fourth-order valence-corrected chi connectivity index (χ4v) is 3.87. The van der Waals surface area contributed by atoms with Gasteiger partial charge in [0.15, 0.2) is 11.7 Å². The topological polar surface area (TPSA) is 52.6 Å². The SMILES string of the molecule is CN=C(NCc1nc(C(F)(F)F)cs1)NC(C)c1cccc(N2CCCC2)c1.I. The quantitative estimate of drug-likeness (QED) is 0.326. The first-order chi connectivity index (χ1) is 13.4. The molecule has 1 atom stereocenters. The Morgan fingerprint density at radius 1 is 1.31 bits per heavy atom. The highest BCUT2D eigenvalue weighted by atomic mass is 127. The number of aromatic nitrogens is 1. The van der Waals surface area contributed by atoms with Crippen LogP contribution in [0.15, 0.2) is 34.6 Å². The van der Waals surface area contributed by atoms with Crippen LogP contribution in [0.4, 0.5) is 18.9 Å². The van der Waals surface area contributed by atoms with Crippen molar-refractivity contribution in [3.8, 4) is 0 Å². The molecule has 1 unspecified atom stereocenters. The number of alkyl halides is 3. The Morgan fingerprint density at radius 3 is 2.66 bits per heavy atom. The van der Waals surface area contributed by atoms with E-state index in [9.17, 15) is 13.2 Å². The molecule has 160 valence electrons. The molecule has 1 aliphatic heterocycles. The number of rotatable bonds is 5. The highest BCUT2D eigenvalue weighted by Crippen LogP contribution is 2.30. The lowest BCUT2D eigenvalue weighted by Crippen LogP contribution is -2.38. The van der Waals surface area contributed by atoms with E-state index in [1.807, 2.05) is 13.0 Å². The number of nitrogens with zero attached hydrogens (tertiary/aromatic N) is 3. The predicted molar refractivity (Wildman–Crippen MR) is 122 cm³/mol. The van der Waals surface area contributed by atoms with Gasteiger partial charge >= 0.3 is 6.18 Å². The van der Waals surface area contributed by atoms with Crippen LogP contribution in [0.2, 0.25) is 0 Å². The summed E-state index contributed by atoms with van der Waals surface area (Å²) in [6.07, 6.45) is -1.97. The van der Waals surface area contributed by atoms with Crippen molar-refractivity contribution >= 4 is 47.0 Å². The average molecular weight is 539 g/mol. The molecule has 0 radical (unpaired) electrons. The van der Waals surface area contributed by atoms with E-state index in [1.54, 1.807) is 7.05 Å². The van der Waals surface area contributed by atoms with Crippen LogP contribution in [0.25, 0.3) is 0 Å². The first kappa shape index (κ1) is 23.7. The van der Waals surface area contributed by atoms with Gasteiger partial charge in [0.1, 0.15) is 5.01 Å². The summed E-state index contributed by atoms with van der Waals surface area (Å²) in [4.78, 5) is 10.2. The number of guanidine groups is 1. The van der Waals surface area contributed by atoms with Crippen molar-refractivity contribution in [2.24, 2.45) is 4.99 Å². The van der Waals surface area contributed by atoms with Gasteiger partial charge in [0.2, 0.25) is 0 Å². The molecule has 0 saturated carbocycles. The molecule has 2 N–H and O–H groups in total. The number of hydrogen-bond acceptors (Lipinski definition) is 4. The van der Waals surface area contributed by atoms with Crippen molar-refractivity contribution in [1.82, 2.24) is 15.6 Å². The zero-order valence-electron chi connectivity index (χ0n) is 16.3. The fourth-order valence-electron chi connectivity index (χ4n) is 3.13. The molecule has 1 aromatic carbocycles. The van der Waals surface area contributed by atoms with Crippen LogP contribution in [-0.2, 0) is 12.7 Å². The molecule has 2 heterocycles. The number of aliphatic imine (C=N–C) groups is 1. The monoisotopic (exact) mass is 539 g/mol. The second-order valence-electron chi connectivity index (χ2n) is 6.71. The van der Waals surface area contributed by atoms with E-state index in [2.05, 4.69) is 43.7 Å². The highest BCUT2D eigenvalue weighted by molar-refractivity contribution is 14.0. The van der Waals surface area contributed by atoms with Crippen molar-refractivity contribution in [3.05, 3.63) is 45.9 Å². The van der Waals surface area contributed by atoms with E-state index in [4.69, 9.17) is 0 Å². The zero-order chi connectivity index (χ0) is 20.1. The molecular weight excluding hydrogens is 514 g/mol. The second-order valence-corrected chi connectivity index (χ2v) is 7.65. The third-order valence-corrected chi connectivity index (χ3v) is 5.52. The van der Waals surface area contributed by atoms with Crippen molar-refractivity contribution in [2.75, 3.05) is 25.0 Å². The van der Waals surface area contributed by atoms with Gasteiger partial charge in [-0.05, 0) is 37.5 Å². The van der Waals surface area contributed by atoms with Crippen LogP contribution in [0.1, 0.15) is 42.1 Å². The van der Waals surface area contributed by atoms with Gasteiger partial charge < -0.3 is 15.5 Å². The van der Waals surface area contributed by atoms with Crippen LogP contribution >= 0.6 is 35.3 Å². The van der Waals surface area contributed by atoms with Gasteiger partial charge in [0, 0.05) is 31.2 Å². The fraction of sp³-hybridized carbons (Fsp3) is 0.474. The maximum absolute atomic E-state index is 12.7. The first-order valence-corrected chi connectivity index (χ1v) is 10.1. The molecule has 2 aromatic rings. The molecule has 0 aliphatic carbocycles. The molecule has 5 nitrogen and oxygen atoms in total. The lowest BCUT2D eigenvalue weighted by molar-refractivity contribution is -0.140. The molecule has 1 aliphatic rings. The summed E-state index contributed by atoms with van der Waals surface area (Å²) >= 11 is 0.978. The Morgan fingerprint density at radius 2 is 2.03 bits per heavy atom. The van der Waals surface area contributed by atoms with E-state index in [0.29, 0.717) is 11.0 Å². The van der Waals surface area contributed by atoms with Crippen molar-refractivity contribution in [2.45, 2.75) is 38.5 Å². The summed E-state index contributed by atoms with van der Waals surface area (Å²) < 4.78 is 38.0. The number of thiazole rings is 1. The number of hydrogen-bond donors (Lipinski definition) is 2. The van der Waals surface area contributed by atoms with E-state index >= 15 is 0 Å². The molecule has 1 aromatic heterocycles. The van der Waals surface area contributed by atoms with Gasteiger partial charge in [-0.2, -0.15) is 13.2 Å². The van der Waals surface area contributed by atoms with Gasteiger partial charge in [0.25, 0.3) is 0 Å². The molecule has 1 fully saturated rings. The lowest BCUT2D eigenvalue weighted by Gasteiger charge is -2.22. The standard InChI is InChI=1S/C19H24F3N5S.HI/c1-13(14-6-5-7-15(10-14)27-8-3-4-9-27)25-18(23-2)24-11-17-26-16(12-28-17)19(20,21)22;/h5-7,10,12-13H,3-4,8-9,11H2,1-2H3,(H2,23,24,25);1H. The summed E-state index contributed by atoms with van der Waals surface area (Å²) in [5.74, 6) is 0.517. The van der Waals surface area contributed by atoms with Crippen LogP contribution < -0.4 is 15.5 Å². The molecular formula is C19H25F3IN5S. The Bertz CT molecular complexity index is 818. The molecule has 3 rings (SSSR count). The molecule has 29 heavy (non-hydrogen) atoms. The van der Waals surface area contributed by atoms with Crippen molar-refractivity contribution < 1.29 is 13.2 Å². The van der Waals surface area contributed by atoms with E-state index < -0.39 is 11.9 Å². The number of benzene rings is 1. The smallest absolute Gasteiger partial charge is 0.372 e. The van der Waals surface area contributed by atoms with Gasteiger partial charge in [-0.3, -0.25) is 4.99 Å². The minimum absolute atomic E-state index is 0. The molecule has 0 amide bonds. The minimum Gasteiger partial charge on any atom is -0.372 e. The predicted octanol–water partition coefficient (Wildman–Crippen LogP) is 4.81. The van der Waals surface area contributed by atoms with Gasteiger partial charge in [-0.15, -0.1) is 35.3 Å². The first-order valence-electron chi connectivity index (χ1n) is 9.20. The Kier molecular flexibility index (Phi) is 8.56. The van der Waals surface area contributed by atoms with E-state index in [1.165, 1.54) is 18.5 Å². The largest absolute Gasteiger partial charge is 0.434 e. The average Bonchev–Trinajstić information content (AvgIpc) is 3.36. The highest BCUT2D eigenvalue weighted by Gasteiger charge is 2.33. The third kappa shape index (κ3) is 6.46. The Labute approximate surface area is 189 Å². The molecule has 0 spiro atoms. The summed E-state index contributed by atoms with van der Waals surface area (Å²) in [6.45, 7) is 4.38. The molecule has 1 saturated heterocycles. The van der Waals surface area contributed by atoms with Gasteiger partial charge in [-0.1, -0.05) is 12.1 Å². The van der Waals surface area contributed by atoms with Crippen molar-refractivity contribution in [1.29, 1.82) is 0 Å². The van der Waals surface area contributed by atoms with Crippen LogP contribution in [0, 0.1) is 0 Å². The van der Waals surface area contributed by atoms with Gasteiger partial charge in [0.05, 0.1) is 12.6 Å². The van der Waals surface area contributed by atoms with E-state index in [0.717, 1.165) is 35.4 Å². The molecule has 10 heteroatoms. The Balaban J connectivity index is 0.00000300. The third-order valence-electron chi connectivity index (χ3n) is 4.67. The van der Waals surface area contributed by atoms with Crippen LogP contribution in [0.3, 0.4) is 0 Å².